The zero-order chi connectivity index (χ0) is 28.1. The number of hydrogen-bond donors (Lipinski definition) is 0. The van der Waals surface area contributed by atoms with Gasteiger partial charge in [-0.15, -0.1) is 0 Å². The molecule has 198 valence electrons. The summed E-state index contributed by atoms with van der Waals surface area (Å²) in [6, 6.07) is 28.6. The zero-order valence-electron chi connectivity index (χ0n) is 22.1. The number of rotatable bonds is 6. The average molecular weight is 544 g/mol. The molecule has 7 aromatic rings. The summed E-state index contributed by atoms with van der Waals surface area (Å²) in [6.45, 7) is 0. The minimum absolute atomic E-state index is 0.502. The lowest BCUT2D eigenvalue weighted by Crippen LogP contribution is -2.01. The molecule has 7 heterocycles. The molecule has 0 atom stereocenters. The summed E-state index contributed by atoms with van der Waals surface area (Å²) in [5.74, 6) is 1.51. The first kappa shape index (κ1) is 24.9. The normalized spacial score (nSPS) is 10.9. The fraction of sp³-hybridized carbons (Fsp3) is 0. The van der Waals surface area contributed by atoms with E-state index in [1.54, 1.807) is 37.2 Å². The fourth-order valence-corrected chi connectivity index (χ4v) is 4.44. The Morgan fingerprint density at radius 3 is 0.881 bits per heavy atom. The zero-order valence-corrected chi connectivity index (χ0v) is 22.1. The predicted octanol–water partition coefficient (Wildman–Crippen LogP) is 6.24. The maximum atomic E-state index is 4.90. The van der Waals surface area contributed by atoms with Crippen LogP contribution in [0.5, 0.6) is 0 Å². The Labute approximate surface area is 241 Å². The van der Waals surface area contributed by atoms with E-state index in [2.05, 4.69) is 29.9 Å². The van der Waals surface area contributed by atoms with E-state index >= 15 is 0 Å². The van der Waals surface area contributed by atoms with E-state index in [0.717, 1.165) is 50.9 Å². The number of nitrogens with zero attached hydrogens (tertiary/aromatic N) is 9. The van der Waals surface area contributed by atoms with Gasteiger partial charge < -0.3 is 0 Å². The molecule has 0 radical (unpaired) electrons. The Bertz CT molecular complexity index is 1740. The molecule has 9 heteroatoms. The van der Waals surface area contributed by atoms with Crippen LogP contribution in [0.2, 0.25) is 0 Å². The second kappa shape index (κ2) is 11.2. The Morgan fingerprint density at radius 2 is 0.595 bits per heavy atom. The van der Waals surface area contributed by atoms with Crippen LogP contribution in [-0.4, -0.2) is 44.9 Å². The van der Waals surface area contributed by atoms with Gasteiger partial charge in [-0.3, -0.25) is 29.9 Å². The van der Waals surface area contributed by atoms with Gasteiger partial charge in [0.05, 0.1) is 34.2 Å². The molecule has 0 aromatic carbocycles. The lowest BCUT2D eigenvalue weighted by Gasteiger charge is -2.10. The van der Waals surface area contributed by atoms with Gasteiger partial charge in [-0.1, -0.05) is 18.2 Å². The highest BCUT2D eigenvalue weighted by molar-refractivity contribution is 5.72. The molecule has 0 saturated carbocycles. The van der Waals surface area contributed by atoms with E-state index in [1.807, 2.05) is 91.0 Å². The molecule has 0 spiro atoms. The summed E-state index contributed by atoms with van der Waals surface area (Å²) in [7, 11) is 0. The first-order chi connectivity index (χ1) is 20.8. The van der Waals surface area contributed by atoms with Crippen molar-refractivity contribution in [3.8, 4) is 68.3 Å². The van der Waals surface area contributed by atoms with Gasteiger partial charge in [-0.2, -0.15) is 0 Å². The summed E-state index contributed by atoms with van der Waals surface area (Å²) in [4.78, 5) is 41.6. The average Bonchev–Trinajstić information content (AvgIpc) is 3.09. The molecule has 0 amide bonds. The van der Waals surface area contributed by atoms with Gasteiger partial charge in [0.15, 0.2) is 17.5 Å². The van der Waals surface area contributed by atoms with Crippen molar-refractivity contribution in [1.82, 2.24) is 44.9 Å². The topological polar surface area (TPSA) is 116 Å². The van der Waals surface area contributed by atoms with Crippen LogP contribution < -0.4 is 0 Å². The van der Waals surface area contributed by atoms with Crippen molar-refractivity contribution < 1.29 is 0 Å². The standard InChI is InChI=1S/C33H21N9/c1-4-13-34-25(7-1)28-19-22(10-16-37-28)31-40-32(23-11-17-38-29(20-23)26-8-2-5-14-35-26)42-33(41-31)24-12-18-39-30(21-24)27-9-3-6-15-36-27/h1-21H. The summed E-state index contributed by atoms with van der Waals surface area (Å²) >= 11 is 0. The monoisotopic (exact) mass is 543 g/mol. The largest absolute Gasteiger partial charge is 0.255 e. The summed E-state index contributed by atoms with van der Waals surface area (Å²) in [5, 5.41) is 0. The molecule has 0 aliphatic heterocycles. The van der Waals surface area contributed by atoms with E-state index in [0.29, 0.717) is 17.5 Å². The lowest BCUT2D eigenvalue weighted by atomic mass is 10.1. The first-order valence-corrected chi connectivity index (χ1v) is 13.2. The Morgan fingerprint density at radius 1 is 0.286 bits per heavy atom. The van der Waals surface area contributed by atoms with Gasteiger partial charge in [0.2, 0.25) is 0 Å². The molecule has 9 nitrogen and oxygen atoms in total. The van der Waals surface area contributed by atoms with Crippen LogP contribution in [0, 0.1) is 0 Å². The predicted molar refractivity (Wildman–Crippen MR) is 159 cm³/mol. The maximum Gasteiger partial charge on any atom is 0.164 e. The molecule has 0 aliphatic carbocycles. The minimum Gasteiger partial charge on any atom is -0.255 e. The highest BCUT2D eigenvalue weighted by Crippen LogP contribution is 2.28. The summed E-state index contributed by atoms with van der Waals surface area (Å²) in [5.41, 5.74) is 6.81. The Hall–Kier alpha value is -6.09. The Kier molecular flexibility index (Phi) is 6.63. The van der Waals surface area contributed by atoms with Crippen molar-refractivity contribution in [2.45, 2.75) is 0 Å². The number of aromatic nitrogens is 9. The second-order valence-corrected chi connectivity index (χ2v) is 9.24. The van der Waals surface area contributed by atoms with Gasteiger partial charge in [0, 0.05) is 53.9 Å². The number of hydrogen-bond acceptors (Lipinski definition) is 9. The van der Waals surface area contributed by atoms with Gasteiger partial charge in [-0.05, 0) is 72.8 Å². The van der Waals surface area contributed by atoms with Crippen molar-refractivity contribution in [2.24, 2.45) is 0 Å². The molecule has 0 fully saturated rings. The van der Waals surface area contributed by atoms with Gasteiger partial charge in [-0.25, -0.2) is 15.0 Å². The highest BCUT2D eigenvalue weighted by atomic mass is 15.0. The minimum atomic E-state index is 0.502. The van der Waals surface area contributed by atoms with Crippen molar-refractivity contribution in [2.75, 3.05) is 0 Å². The molecule has 7 rings (SSSR count). The van der Waals surface area contributed by atoms with Gasteiger partial charge in [0.1, 0.15) is 0 Å². The van der Waals surface area contributed by atoms with Gasteiger partial charge in [0.25, 0.3) is 0 Å². The molecule has 0 N–H and O–H groups in total. The lowest BCUT2D eigenvalue weighted by molar-refractivity contribution is 1.07. The first-order valence-electron chi connectivity index (χ1n) is 13.2. The van der Waals surface area contributed by atoms with Gasteiger partial charge >= 0.3 is 0 Å². The Balaban J connectivity index is 1.38. The van der Waals surface area contributed by atoms with E-state index in [-0.39, 0.29) is 0 Å². The van der Waals surface area contributed by atoms with Crippen molar-refractivity contribution >= 4 is 0 Å². The second-order valence-electron chi connectivity index (χ2n) is 9.24. The van der Waals surface area contributed by atoms with Crippen molar-refractivity contribution in [3.05, 3.63) is 128 Å². The van der Waals surface area contributed by atoms with Crippen LogP contribution in [0.4, 0.5) is 0 Å². The smallest absolute Gasteiger partial charge is 0.164 e. The van der Waals surface area contributed by atoms with E-state index < -0.39 is 0 Å². The molecule has 7 aromatic heterocycles. The third kappa shape index (κ3) is 5.22. The fourth-order valence-electron chi connectivity index (χ4n) is 4.44. The maximum absolute atomic E-state index is 4.90. The molecular weight excluding hydrogens is 522 g/mol. The molecule has 0 bridgehead atoms. The molecule has 42 heavy (non-hydrogen) atoms. The van der Waals surface area contributed by atoms with E-state index in [4.69, 9.17) is 15.0 Å². The molecule has 0 aliphatic rings. The highest BCUT2D eigenvalue weighted by Gasteiger charge is 2.15. The van der Waals surface area contributed by atoms with Crippen LogP contribution >= 0.6 is 0 Å². The quantitative estimate of drug-likeness (QED) is 0.240. The van der Waals surface area contributed by atoms with E-state index in [1.165, 1.54) is 0 Å². The molecular formula is C33H21N9. The van der Waals surface area contributed by atoms with Crippen LogP contribution in [0.1, 0.15) is 0 Å². The summed E-state index contributed by atoms with van der Waals surface area (Å²) in [6.07, 6.45) is 10.4. The van der Waals surface area contributed by atoms with Crippen LogP contribution in [0.15, 0.2) is 128 Å². The third-order valence-electron chi connectivity index (χ3n) is 6.47. The number of pyridine rings is 6. The third-order valence-corrected chi connectivity index (χ3v) is 6.47. The van der Waals surface area contributed by atoms with Crippen LogP contribution in [-0.2, 0) is 0 Å². The van der Waals surface area contributed by atoms with Crippen LogP contribution in [0.25, 0.3) is 68.3 Å². The molecule has 0 saturated heterocycles. The molecule has 0 unspecified atom stereocenters. The van der Waals surface area contributed by atoms with Crippen LogP contribution in [0.3, 0.4) is 0 Å². The van der Waals surface area contributed by atoms with E-state index in [9.17, 15) is 0 Å². The van der Waals surface area contributed by atoms with Crippen molar-refractivity contribution in [1.29, 1.82) is 0 Å². The summed E-state index contributed by atoms with van der Waals surface area (Å²) < 4.78 is 0. The SMILES string of the molecule is c1ccc(-c2cc(-c3nc(-c4ccnc(-c5ccccn5)c4)nc(-c4ccnc(-c5ccccn5)c4)n3)ccn2)nc1. The van der Waals surface area contributed by atoms with Crippen molar-refractivity contribution in [3.63, 3.8) is 0 Å².